The maximum Gasteiger partial charge on any atom is 0.236 e. The first-order valence-electron chi connectivity index (χ1n) is 6.82. The largest absolute Gasteiger partial charge is 0.385 e. The molecule has 0 aromatic heterocycles. The minimum Gasteiger partial charge on any atom is -0.385 e. The van der Waals surface area contributed by atoms with Crippen LogP contribution in [-0.2, 0) is 19.1 Å². The van der Waals surface area contributed by atoms with Gasteiger partial charge in [-0.3, -0.25) is 14.9 Å². The van der Waals surface area contributed by atoms with Crippen LogP contribution in [-0.4, -0.2) is 64.4 Å². The Balaban J connectivity index is 3.89. The number of hydrogen-bond acceptors (Lipinski definition) is 5. The summed E-state index contributed by atoms with van der Waals surface area (Å²) in [5.41, 5.74) is 0. The Hall–Kier alpha value is -1.18. The van der Waals surface area contributed by atoms with E-state index in [4.69, 9.17) is 9.47 Å². The Labute approximate surface area is 120 Å². The van der Waals surface area contributed by atoms with Gasteiger partial charge >= 0.3 is 0 Å². The Morgan fingerprint density at radius 2 is 1.40 bits per heavy atom. The van der Waals surface area contributed by atoms with Crippen LogP contribution in [0.5, 0.6) is 0 Å². The number of carbonyl (C=O) groups excluding carboxylic acids is 2. The highest BCUT2D eigenvalue weighted by molar-refractivity contribution is 5.84. The number of amides is 2. The van der Waals surface area contributed by atoms with Gasteiger partial charge in [0, 0.05) is 33.9 Å². The molecule has 0 aliphatic rings. The summed E-state index contributed by atoms with van der Waals surface area (Å²) in [5.74, 6) is -0.279. The molecule has 0 saturated heterocycles. The molecule has 0 bridgehead atoms. The van der Waals surface area contributed by atoms with Crippen LogP contribution in [0.25, 0.3) is 0 Å². The van der Waals surface area contributed by atoms with Gasteiger partial charge in [0.15, 0.2) is 0 Å². The van der Waals surface area contributed by atoms with Crippen LogP contribution in [0.2, 0.25) is 0 Å². The molecule has 0 spiro atoms. The molecule has 0 fully saturated rings. The molecule has 0 aromatic rings. The maximum atomic E-state index is 11.8. The molecular weight excluding hydrogens is 262 g/mol. The van der Waals surface area contributed by atoms with Gasteiger partial charge in [0.1, 0.15) is 0 Å². The van der Waals surface area contributed by atoms with Crippen molar-refractivity contribution in [2.24, 2.45) is 0 Å². The number of methoxy groups -OCH3 is 2. The summed E-state index contributed by atoms with van der Waals surface area (Å²) in [6.07, 6.45) is 0.766. The van der Waals surface area contributed by atoms with Gasteiger partial charge in [-0.15, -0.1) is 0 Å². The lowest BCUT2D eigenvalue weighted by molar-refractivity contribution is -0.125. The molecule has 2 atom stereocenters. The number of hydrogen-bond donors (Lipinski definition) is 3. The summed E-state index contributed by atoms with van der Waals surface area (Å²) in [5, 5.41) is 8.44. The van der Waals surface area contributed by atoms with E-state index in [0.717, 1.165) is 6.42 Å². The van der Waals surface area contributed by atoms with E-state index in [-0.39, 0.29) is 11.8 Å². The molecule has 118 valence electrons. The minimum absolute atomic E-state index is 0.127. The molecular formula is C13H27N3O4. The van der Waals surface area contributed by atoms with Crippen LogP contribution < -0.4 is 16.0 Å². The standard InChI is InChI=1S/C13H27N3O4/c1-10(12(17)14-6-5-8-19-3)16-11(2)13(18)15-7-9-20-4/h10-11,16H,5-9H2,1-4H3,(H,14,17)(H,15,18). The van der Waals surface area contributed by atoms with E-state index in [1.54, 1.807) is 28.1 Å². The third kappa shape index (κ3) is 8.84. The first-order chi connectivity index (χ1) is 9.52. The molecule has 2 unspecified atom stereocenters. The van der Waals surface area contributed by atoms with Crippen molar-refractivity contribution in [3.05, 3.63) is 0 Å². The highest BCUT2D eigenvalue weighted by Crippen LogP contribution is 1.89. The Bertz CT molecular complexity index is 287. The van der Waals surface area contributed by atoms with E-state index in [1.165, 1.54) is 0 Å². The molecule has 0 aliphatic carbocycles. The molecule has 7 heteroatoms. The number of nitrogens with one attached hydrogen (secondary N) is 3. The van der Waals surface area contributed by atoms with Crippen LogP contribution in [0, 0.1) is 0 Å². The van der Waals surface area contributed by atoms with Crippen LogP contribution in [0.1, 0.15) is 20.3 Å². The van der Waals surface area contributed by atoms with E-state index in [9.17, 15) is 9.59 Å². The zero-order valence-electron chi connectivity index (χ0n) is 12.8. The summed E-state index contributed by atoms with van der Waals surface area (Å²) in [6, 6.07) is -0.868. The SMILES string of the molecule is COCCCNC(=O)C(C)NC(C)C(=O)NCCOC. The predicted molar refractivity (Wildman–Crippen MR) is 76.4 cm³/mol. The quantitative estimate of drug-likeness (QED) is 0.436. The van der Waals surface area contributed by atoms with Crippen LogP contribution in [0.15, 0.2) is 0 Å². The van der Waals surface area contributed by atoms with Crippen molar-refractivity contribution in [3.63, 3.8) is 0 Å². The fourth-order valence-electron chi connectivity index (χ4n) is 1.54. The van der Waals surface area contributed by atoms with E-state index in [2.05, 4.69) is 16.0 Å². The molecule has 0 aliphatic heterocycles. The molecule has 2 amide bonds. The first kappa shape index (κ1) is 18.8. The zero-order chi connectivity index (χ0) is 15.4. The van der Waals surface area contributed by atoms with Gasteiger partial charge in [0.2, 0.25) is 11.8 Å². The summed E-state index contributed by atoms with van der Waals surface area (Å²) in [4.78, 5) is 23.5. The molecule has 0 saturated carbocycles. The van der Waals surface area contributed by atoms with Crippen molar-refractivity contribution >= 4 is 11.8 Å². The fraction of sp³-hybridized carbons (Fsp3) is 0.846. The number of ether oxygens (including phenoxy) is 2. The molecule has 0 rings (SSSR count). The lowest BCUT2D eigenvalue weighted by atomic mass is 10.2. The Morgan fingerprint density at radius 1 is 0.900 bits per heavy atom. The van der Waals surface area contributed by atoms with Gasteiger partial charge in [-0.2, -0.15) is 0 Å². The van der Waals surface area contributed by atoms with Gasteiger partial charge in [-0.05, 0) is 20.3 Å². The zero-order valence-corrected chi connectivity index (χ0v) is 12.8. The van der Waals surface area contributed by atoms with Gasteiger partial charge in [0.05, 0.1) is 18.7 Å². The summed E-state index contributed by atoms with van der Waals surface area (Å²) in [7, 11) is 3.19. The number of carbonyl (C=O) groups is 2. The van der Waals surface area contributed by atoms with E-state index in [0.29, 0.717) is 26.3 Å². The van der Waals surface area contributed by atoms with Crippen LogP contribution >= 0.6 is 0 Å². The first-order valence-corrected chi connectivity index (χ1v) is 6.82. The van der Waals surface area contributed by atoms with Gasteiger partial charge in [0.25, 0.3) is 0 Å². The van der Waals surface area contributed by atoms with E-state index in [1.807, 2.05) is 0 Å². The van der Waals surface area contributed by atoms with Crippen molar-refractivity contribution in [2.45, 2.75) is 32.4 Å². The van der Waals surface area contributed by atoms with Gasteiger partial charge in [-0.25, -0.2) is 0 Å². The molecule has 3 N–H and O–H groups in total. The molecule has 7 nitrogen and oxygen atoms in total. The lowest BCUT2D eigenvalue weighted by Crippen LogP contribution is -2.51. The molecule has 0 aromatic carbocycles. The summed E-state index contributed by atoms with van der Waals surface area (Å²) >= 11 is 0. The van der Waals surface area contributed by atoms with Crippen molar-refractivity contribution in [1.82, 2.24) is 16.0 Å². The second kappa shape index (κ2) is 11.6. The molecule has 20 heavy (non-hydrogen) atoms. The normalized spacial score (nSPS) is 13.6. The average molecular weight is 289 g/mol. The minimum atomic E-state index is -0.438. The third-order valence-corrected chi connectivity index (χ3v) is 2.72. The van der Waals surface area contributed by atoms with Crippen molar-refractivity contribution in [2.75, 3.05) is 40.5 Å². The van der Waals surface area contributed by atoms with Crippen molar-refractivity contribution in [1.29, 1.82) is 0 Å². The third-order valence-electron chi connectivity index (χ3n) is 2.72. The highest BCUT2D eigenvalue weighted by Gasteiger charge is 2.19. The lowest BCUT2D eigenvalue weighted by Gasteiger charge is -2.19. The van der Waals surface area contributed by atoms with Crippen LogP contribution in [0.3, 0.4) is 0 Å². The van der Waals surface area contributed by atoms with Crippen LogP contribution in [0.4, 0.5) is 0 Å². The van der Waals surface area contributed by atoms with E-state index >= 15 is 0 Å². The van der Waals surface area contributed by atoms with Gasteiger partial charge in [-0.1, -0.05) is 0 Å². The highest BCUT2D eigenvalue weighted by atomic mass is 16.5. The second-order valence-electron chi connectivity index (χ2n) is 4.53. The van der Waals surface area contributed by atoms with Crippen molar-refractivity contribution < 1.29 is 19.1 Å². The maximum absolute atomic E-state index is 11.8. The monoisotopic (exact) mass is 289 g/mol. The van der Waals surface area contributed by atoms with E-state index < -0.39 is 12.1 Å². The topological polar surface area (TPSA) is 88.7 Å². The fourth-order valence-corrected chi connectivity index (χ4v) is 1.54. The Kier molecular flexibility index (Phi) is 10.9. The second-order valence-corrected chi connectivity index (χ2v) is 4.53. The van der Waals surface area contributed by atoms with Crippen molar-refractivity contribution in [3.8, 4) is 0 Å². The number of rotatable bonds is 11. The predicted octanol–water partition coefficient (Wildman–Crippen LogP) is -0.732. The molecule has 0 radical (unpaired) electrons. The summed E-state index contributed by atoms with van der Waals surface area (Å²) < 4.78 is 9.74. The molecule has 0 heterocycles. The van der Waals surface area contributed by atoms with Gasteiger partial charge < -0.3 is 20.1 Å². The Morgan fingerprint density at radius 3 is 1.90 bits per heavy atom. The summed E-state index contributed by atoms with van der Waals surface area (Å²) in [6.45, 7) is 5.54. The average Bonchev–Trinajstić information content (AvgIpc) is 2.43. The smallest absolute Gasteiger partial charge is 0.236 e.